The predicted octanol–water partition coefficient (Wildman–Crippen LogP) is 5.32. The van der Waals surface area contributed by atoms with Crippen molar-refractivity contribution in [2.75, 3.05) is 18.0 Å². The van der Waals surface area contributed by atoms with Crippen molar-refractivity contribution in [1.29, 1.82) is 0 Å². The number of hydrogen-bond donors (Lipinski definition) is 1. The monoisotopic (exact) mass is 506 g/mol. The molecule has 1 aromatic carbocycles. The van der Waals surface area contributed by atoms with Crippen LogP contribution in [0, 0.1) is 0 Å². The molecule has 3 heterocycles. The van der Waals surface area contributed by atoms with Crippen LogP contribution in [0.1, 0.15) is 38.4 Å². The second-order valence-electron chi connectivity index (χ2n) is 9.66. The average Bonchev–Trinajstić information content (AvgIpc) is 3.48. The molecule has 1 amide bonds. The number of ether oxygens (including phenoxy) is 1. The van der Waals surface area contributed by atoms with Gasteiger partial charge in [-0.15, -0.1) is 11.3 Å². The molecule has 0 unspecified atom stereocenters. The first-order valence-corrected chi connectivity index (χ1v) is 12.7. The second kappa shape index (κ2) is 11.0. The van der Waals surface area contributed by atoms with Crippen LogP contribution in [0.15, 0.2) is 60.1 Å². The molecule has 0 aliphatic carbocycles. The van der Waals surface area contributed by atoms with Crippen LogP contribution >= 0.6 is 11.3 Å². The number of carbonyl (C=O) groups excluding carboxylic acids is 1. The Morgan fingerprint density at radius 2 is 2.00 bits per heavy atom. The average molecular weight is 507 g/mol. The van der Waals surface area contributed by atoms with Crippen LogP contribution in [-0.4, -0.2) is 56.8 Å². The Bertz CT molecular complexity index is 1220. The molecule has 36 heavy (non-hydrogen) atoms. The highest BCUT2D eigenvalue weighted by molar-refractivity contribution is 7.13. The van der Waals surface area contributed by atoms with Gasteiger partial charge in [-0.1, -0.05) is 30.3 Å². The number of hydrogen-bond acceptors (Lipinski definition) is 7. The Labute approximate surface area is 214 Å². The summed E-state index contributed by atoms with van der Waals surface area (Å²) in [5.41, 5.74) is 2.11. The molecular formula is C27H30N4O4S. The van der Waals surface area contributed by atoms with Gasteiger partial charge in [-0.2, -0.15) is 0 Å². The normalized spacial score (nSPS) is 16.4. The lowest BCUT2D eigenvalue weighted by molar-refractivity contribution is -0.131. The van der Waals surface area contributed by atoms with Crippen LogP contribution in [0.2, 0.25) is 0 Å². The van der Waals surface area contributed by atoms with Crippen LogP contribution in [0.5, 0.6) is 0 Å². The Hall–Kier alpha value is -3.56. The maximum Gasteiger partial charge on any atom is 0.416 e. The summed E-state index contributed by atoms with van der Waals surface area (Å²) in [6.07, 6.45) is 4.40. The van der Waals surface area contributed by atoms with Gasteiger partial charge >= 0.3 is 12.1 Å². The van der Waals surface area contributed by atoms with E-state index in [1.54, 1.807) is 34.6 Å². The number of anilines is 1. The van der Waals surface area contributed by atoms with Gasteiger partial charge in [-0.3, -0.25) is 9.80 Å². The molecule has 1 atom stereocenters. The number of likely N-dealkylation sites (tertiary alicyclic amines) is 1. The smallest absolute Gasteiger partial charge is 0.416 e. The summed E-state index contributed by atoms with van der Waals surface area (Å²) in [4.78, 5) is 37.2. The van der Waals surface area contributed by atoms with Gasteiger partial charge in [0.25, 0.3) is 0 Å². The van der Waals surface area contributed by atoms with Crippen LogP contribution in [0.4, 0.5) is 10.6 Å². The van der Waals surface area contributed by atoms with Gasteiger partial charge in [0.15, 0.2) is 0 Å². The molecule has 9 heteroatoms. The van der Waals surface area contributed by atoms with Gasteiger partial charge in [-0.05, 0) is 51.0 Å². The summed E-state index contributed by atoms with van der Waals surface area (Å²) < 4.78 is 5.71. The molecule has 1 aliphatic heterocycles. The minimum Gasteiger partial charge on any atom is -0.478 e. The maximum atomic E-state index is 13.2. The van der Waals surface area contributed by atoms with Crippen molar-refractivity contribution in [3.8, 4) is 10.6 Å². The number of carboxylic acid groups (broad SMARTS) is 1. The van der Waals surface area contributed by atoms with Gasteiger partial charge in [0.05, 0.1) is 11.7 Å². The van der Waals surface area contributed by atoms with Gasteiger partial charge in [0.2, 0.25) is 0 Å². The van der Waals surface area contributed by atoms with Gasteiger partial charge in [0, 0.05) is 42.9 Å². The third-order valence-electron chi connectivity index (χ3n) is 5.60. The fourth-order valence-corrected chi connectivity index (χ4v) is 4.85. The quantitative estimate of drug-likeness (QED) is 0.433. The third-order valence-corrected chi connectivity index (χ3v) is 6.54. The SMILES string of the molecule is CC(C)(C)OC(=O)N(c1ccc(/C=C/C(=O)O)cn1)[C@@H]1CCN(Cc2csc(-c3ccccc3)n2)C1. The number of carbonyl (C=O) groups is 2. The van der Waals surface area contributed by atoms with E-state index in [1.165, 1.54) is 6.08 Å². The molecular weight excluding hydrogens is 476 g/mol. The number of nitrogens with zero attached hydrogens (tertiary/aromatic N) is 4. The molecule has 1 aliphatic rings. The Morgan fingerprint density at radius 1 is 1.22 bits per heavy atom. The molecule has 0 saturated carbocycles. The number of carboxylic acids is 1. The zero-order valence-electron chi connectivity index (χ0n) is 20.6. The van der Waals surface area contributed by atoms with E-state index < -0.39 is 17.7 Å². The van der Waals surface area contributed by atoms with Crippen molar-refractivity contribution < 1.29 is 19.4 Å². The molecule has 188 valence electrons. The van der Waals surface area contributed by atoms with E-state index in [2.05, 4.69) is 27.4 Å². The highest BCUT2D eigenvalue weighted by Crippen LogP contribution is 2.28. The van der Waals surface area contributed by atoms with Gasteiger partial charge < -0.3 is 9.84 Å². The van der Waals surface area contributed by atoms with Crippen molar-refractivity contribution in [3.05, 3.63) is 71.4 Å². The number of aliphatic carboxylic acids is 1. The highest BCUT2D eigenvalue weighted by Gasteiger charge is 2.35. The van der Waals surface area contributed by atoms with Crippen LogP contribution < -0.4 is 4.90 Å². The van der Waals surface area contributed by atoms with Crippen molar-refractivity contribution in [1.82, 2.24) is 14.9 Å². The zero-order valence-corrected chi connectivity index (χ0v) is 21.4. The summed E-state index contributed by atoms with van der Waals surface area (Å²) in [7, 11) is 0. The van der Waals surface area contributed by atoms with Crippen molar-refractivity contribution in [3.63, 3.8) is 0 Å². The fourth-order valence-electron chi connectivity index (χ4n) is 4.04. The number of benzene rings is 1. The first-order chi connectivity index (χ1) is 17.2. The van der Waals surface area contributed by atoms with E-state index >= 15 is 0 Å². The molecule has 0 bridgehead atoms. The molecule has 2 aromatic heterocycles. The predicted molar refractivity (Wildman–Crippen MR) is 141 cm³/mol. The first kappa shape index (κ1) is 25.5. The highest BCUT2D eigenvalue weighted by atomic mass is 32.1. The Kier molecular flexibility index (Phi) is 7.81. The summed E-state index contributed by atoms with van der Waals surface area (Å²) in [5.74, 6) is -0.555. The topological polar surface area (TPSA) is 95.9 Å². The van der Waals surface area contributed by atoms with Crippen LogP contribution in [0.25, 0.3) is 16.6 Å². The van der Waals surface area contributed by atoms with E-state index in [4.69, 9.17) is 14.8 Å². The summed E-state index contributed by atoms with van der Waals surface area (Å²) in [5, 5.41) is 11.9. The second-order valence-corrected chi connectivity index (χ2v) is 10.5. The molecule has 1 saturated heterocycles. The third kappa shape index (κ3) is 6.77. The van der Waals surface area contributed by atoms with Crippen molar-refractivity contribution in [2.45, 2.75) is 45.4 Å². The van der Waals surface area contributed by atoms with Crippen LogP contribution in [0.3, 0.4) is 0 Å². The summed E-state index contributed by atoms with van der Waals surface area (Å²) >= 11 is 1.63. The molecule has 1 N–H and O–H groups in total. The maximum absolute atomic E-state index is 13.2. The van der Waals surface area contributed by atoms with E-state index in [1.807, 2.05) is 39.0 Å². The van der Waals surface area contributed by atoms with E-state index in [0.717, 1.165) is 35.3 Å². The number of amides is 1. The molecule has 0 radical (unpaired) electrons. The summed E-state index contributed by atoms with van der Waals surface area (Å²) in [6, 6.07) is 13.5. The largest absolute Gasteiger partial charge is 0.478 e. The lowest BCUT2D eigenvalue weighted by Gasteiger charge is -2.31. The van der Waals surface area contributed by atoms with Crippen molar-refractivity contribution >= 4 is 35.3 Å². The van der Waals surface area contributed by atoms with E-state index in [9.17, 15) is 9.59 Å². The molecule has 1 fully saturated rings. The van der Waals surface area contributed by atoms with Gasteiger partial charge in [0.1, 0.15) is 16.4 Å². The minimum absolute atomic E-state index is 0.111. The van der Waals surface area contributed by atoms with Crippen molar-refractivity contribution in [2.24, 2.45) is 0 Å². The molecule has 8 nitrogen and oxygen atoms in total. The lowest BCUT2D eigenvalue weighted by Crippen LogP contribution is -2.45. The first-order valence-electron chi connectivity index (χ1n) is 11.8. The minimum atomic E-state index is -1.03. The van der Waals surface area contributed by atoms with E-state index in [0.29, 0.717) is 24.5 Å². The Balaban J connectivity index is 1.48. The van der Waals surface area contributed by atoms with Crippen LogP contribution in [-0.2, 0) is 16.1 Å². The Morgan fingerprint density at radius 3 is 2.67 bits per heavy atom. The lowest BCUT2D eigenvalue weighted by atomic mass is 10.2. The molecule has 0 spiro atoms. The number of rotatable bonds is 7. The number of thiazole rings is 1. The number of aromatic nitrogens is 2. The van der Waals surface area contributed by atoms with E-state index in [-0.39, 0.29) is 6.04 Å². The zero-order chi connectivity index (χ0) is 25.7. The number of pyridine rings is 1. The fraction of sp³-hybridized carbons (Fsp3) is 0.333. The summed E-state index contributed by atoms with van der Waals surface area (Å²) in [6.45, 7) is 7.70. The molecule has 4 rings (SSSR count). The molecule has 3 aromatic rings. The standard InChI is InChI=1S/C27H30N4O4S/c1-27(2,3)35-26(34)31(23-11-9-19(15-28-23)10-12-24(32)33)22-13-14-30(17-22)16-21-18-36-25(29-21)20-7-5-4-6-8-20/h4-12,15,18,22H,13-14,16-17H2,1-3H3,(H,32,33)/b12-10+/t22-/m1/s1. The van der Waals surface area contributed by atoms with Gasteiger partial charge in [-0.25, -0.2) is 19.6 Å².